The Bertz CT molecular complexity index is 1230. The number of benzene rings is 3. The van der Waals surface area contributed by atoms with Crippen LogP contribution < -0.4 is 10.0 Å². The van der Waals surface area contributed by atoms with Gasteiger partial charge in [-0.3, -0.25) is 4.79 Å². The number of hydrogen-bond donors (Lipinski definition) is 2. The predicted octanol–water partition coefficient (Wildman–Crippen LogP) is 4.57. The van der Waals surface area contributed by atoms with Crippen molar-refractivity contribution in [2.45, 2.75) is 24.3 Å². The Balaban J connectivity index is 1.88. The van der Waals surface area contributed by atoms with Gasteiger partial charge in [0.1, 0.15) is 5.82 Å². The van der Waals surface area contributed by atoms with Crippen LogP contribution in [-0.2, 0) is 15.6 Å². The van der Waals surface area contributed by atoms with Gasteiger partial charge < -0.3 is 5.32 Å². The average molecular weight is 448 g/mol. The van der Waals surface area contributed by atoms with E-state index in [9.17, 15) is 26.4 Å². The van der Waals surface area contributed by atoms with Gasteiger partial charge in [-0.15, -0.1) is 0 Å². The topological polar surface area (TPSA) is 75.3 Å². The maximum Gasteiger partial charge on any atom is 0.258 e. The lowest BCUT2D eigenvalue weighted by Crippen LogP contribution is -2.40. The van der Waals surface area contributed by atoms with Gasteiger partial charge >= 0.3 is 0 Å². The summed E-state index contributed by atoms with van der Waals surface area (Å²) in [6.45, 7) is 3.33. The van der Waals surface area contributed by atoms with Gasteiger partial charge in [0, 0.05) is 11.8 Å². The number of nitrogens with one attached hydrogen (secondary N) is 2. The smallest absolute Gasteiger partial charge is 0.258 e. The highest BCUT2D eigenvalue weighted by molar-refractivity contribution is 7.89. The van der Waals surface area contributed by atoms with Gasteiger partial charge in [0.15, 0.2) is 11.6 Å². The lowest BCUT2D eigenvalue weighted by atomic mass is 9.96. The number of carbonyl (C=O) groups is 1. The summed E-state index contributed by atoms with van der Waals surface area (Å²) < 4.78 is 69.0. The normalized spacial score (nSPS) is 11.9. The molecule has 0 unspecified atom stereocenters. The highest BCUT2D eigenvalue weighted by atomic mass is 32.2. The van der Waals surface area contributed by atoms with E-state index in [1.165, 1.54) is 0 Å². The summed E-state index contributed by atoms with van der Waals surface area (Å²) >= 11 is 0. The summed E-state index contributed by atoms with van der Waals surface area (Å²) in [6, 6.07) is 14.2. The van der Waals surface area contributed by atoms with Gasteiger partial charge in [-0.05, 0) is 49.7 Å². The van der Waals surface area contributed by atoms with Crippen LogP contribution in [0, 0.1) is 17.5 Å². The Labute approximate surface area is 178 Å². The third-order valence-corrected chi connectivity index (χ3v) is 6.21. The molecule has 9 heteroatoms. The van der Waals surface area contributed by atoms with E-state index in [0.29, 0.717) is 5.56 Å². The molecule has 0 radical (unpaired) electrons. The standard InChI is InChI=1S/C22H19F3N2O3S/c1-22(2,14-6-4-3-5-7-14)27-31(29,30)16-9-11-18(23)17(13-16)21(28)26-15-8-10-19(24)20(25)12-15/h3-13,27H,1-2H3,(H,26,28). The minimum absolute atomic E-state index is 0.111. The van der Waals surface area contributed by atoms with Gasteiger partial charge in [-0.1, -0.05) is 30.3 Å². The first-order valence-electron chi connectivity index (χ1n) is 9.15. The zero-order valence-electron chi connectivity index (χ0n) is 16.6. The molecule has 0 aliphatic heterocycles. The van der Waals surface area contributed by atoms with Crippen LogP contribution >= 0.6 is 0 Å². The Morgan fingerprint density at radius 1 is 0.839 bits per heavy atom. The minimum atomic E-state index is -4.13. The molecular formula is C22H19F3N2O3S. The molecular weight excluding hydrogens is 429 g/mol. The first-order chi connectivity index (χ1) is 14.5. The maximum atomic E-state index is 14.2. The van der Waals surface area contributed by atoms with Crippen LogP contribution in [0.4, 0.5) is 18.9 Å². The molecule has 0 aliphatic carbocycles. The molecule has 3 aromatic rings. The minimum Gasteiger partial charge on any atom is -0.322 e. The fourth-order valence-corrected chi connectivity index (χ4v) is 4.35. The van der Waals surface area contributed by atoms with E-state index < -0.39 is 44.5 Å². The first-order valence-corrected chi connectivity index (χ1v) is 10.6. The van der Waals surface area contributed by atoms with Crippen LogP contribution in [0.3, 0.4) is 0 Å². The van der Waals surface area contributed by atoms with E-state index in [2.05, 4.69) is 10.0 Å². The molecule has 162 valence electrons. The summed E-state index contributed by atoms with van der Waals surface area (Å²) in [5.41, 5.74) is -0.954. The summed E-state index contributed by atoms with van der Waals surface area (Å²) in [5, 5.41) is 2.22. The van der Waals surface area contributed by atoms with Gasteiger partial charge in [0.05, 0.1) is 16.0 Å². The van der Waals surface area contributed by atoms with Crippen LogP contribution in [0.2, 0.25) is 0 Å². The molecule has 0 fully saturated rings. The summed E-state index contributed by atoms with van der Waals surface area (Å²) in [4.78, 5) is 12.1. The molecule has 2 N–H and O–H groups in total. The largest absolute Gasteiger partial charge is 0.322 e. The molecule has 3 aromatic carbocycles. The number of halogens is 3. The predicted molar refractivity (Wildman–Crippen MR) is 111 cm³/mol. The van der Waals surface area contributed by atoms with Crippen molar-refractivity contribution >= 4 is 21.6 Å². The molecule has 0 spiro atoms. The van der Waals surface area contributed by atoms with E-state index in [-0.39, 0.29) is 10.6 Å². The van der Waals surface area contributed by atoms with Crippen molar-refractivity contribution in [3.05, 3.63) is 95.3 Å². The Hall–Kier alpha value is -3.17. The third-order valence-electron chi connectivity index (χ3n) is 4.56. The molecule has 1 amide bonds. The molecule has 0 saturated carbocycles. The number of rotatable bonds is 6. The number of hydrogen-bond acceptors (Lipinski definition) is 3. The first kappa shape index (κ1) is 22.5. The summed E-state index contributed by atoms with van der Waals surface area (Å²) in [6.07, 6.45) is 0. The van der Waals surface area contributed by atoms with E-state index >= 15 is 0 Å². The number of amides is 1. The van der Waals surface area contributed by atoms with Gasteiger partial charge in [0.25, 0.3) is 5.91 Å². The van der Waals surface area contributed by atoms with Crippen molar-refractivity contribution in [1.82, 2.24) is 4.72 Å². The van der Waals surface area contributed by atoms with Crippen LogP contribution in [0.1, 0.15) is 29.8 Å². The highest BCUT2D eigenvalue weighted by Gasteiger charge is 2.29. The molecule has 5 nitrogen and oxygen atoms in total. The maximum absolute atomic E-state index is 14.2. The van der Waals surface area contributed by atoms with Crippen molar-refractivity contribution in [3.63, 3.8) is 0 Å². The van der Waals surface area contributed by atoms with Crippen molar-refractivity contribution in [2.24, 2.45) is 0 Å². The van der Waals surface area contributed by atoms with E-state index in [1.807, 2.05) is 0 Å². The summed E-state index contributed by atoms with van der Waals surface area (Å²) in [7, 11) is -4.13. The Morgan fingerprint density at radius 3 is 2.13 bits per heavy atom. The van der Waals surface area contributed by atoms with Gasteiger partial charge in [-0.25, -0.2) is 26.3 Å². The van der Waals surface area contributed by atoms with Crippen molar-refractivity contribution < 1.29 is 26.4 Å². The molecule has 0 bridgehead atoms. The van der Waals surface area contributed by atoms with Crippen LogP contribution in [0.5, 0.6) is 0 Å². The molecule has 3 rings (SSSR count). The van der Waals surface area contributed by atoms with Crippen LogP contribution in [0.15, 0.2) is 71.6 Å². The molecule has 0 saturated heterocycles. The average Bonchev–Trinajstić information content (AvgIpc) is 2.71. The van der Waals surface area contributed by atoms with Crippen LogP contribution in [-0.4, -0.2) is 14.3 Å². The van der Waals surface area contributed by atoms with Gasteiger partial charge in [0.2, 0.25) is 10.0 Å². The number of sulfonamides is 1. The second-order valence-corrected chi connectivity index (χ2v) is 9.00. The SMILES string of the molecule is CC(C)(NS(=O)(=O)c1ccc(F)c(C(=O)Nc2ccc(F)c(F)c2)c1)c1ccccc1. The molecule has 0 aliphatic rings. The lowest BCUT2D eigenvalue weighted by Gasteiger charge is -2.26. The van der Waals surface area contributed by atoms with Crippen molar-refractivity contribution in [2.75, 3.05) is 5.32 Å². The Morgan fingerprint density at radius 2 is 1.48 bits per heavy atom. The monoisotopic (exact) mass is 448 g/mol. The fraction of sp³-hybridized carbons (Fsp3) is 0.136. The summed E-state index contributed by atoms with van der Waals surface area (Å²) in [5.74, 6) is -4.28. The highest BCUT2D eigenvalue weighted by Crippen LogP contribution is 2.24. The molecule has 31 heavy (non-hydrogen) atoms. The third kappa shape index (κ3) is 5.12. The second kappa shape index (κ2) is 8.52. The van der Waals surface area contributed by atoms with Crippen molar-refractivity contribution in [1.29, 1.82) is 0 Å². The van der Waals surface area contributed by atoms with E-state index in [1.54, 1.807) is 44.2 Å². The van der Waals surface area contributed by atoms with E-state index in [4.69, 9.17) is 0 Å². The quantitative estimate of drug-likeness (QED) is 0.580. The lowest BCUT2D eigenvalue weighted by molar-refractivity contribution is 0.102. The molecule has 0 aromatic heterocycles. The number of carbonyl (C=O) groups excluding carboxylic acids is 1. The van der Waals surface area contributed by atoms with Gasteiger partial charge in [-0.2, -0.15) is 0 Å². The Kier molecular flexibility index (Phi) is 6.19. The number of anilines is 1. The fourth-order valence-electron chi connectivity index (χ4n) is 2.93. The van der Waals surface area contributed by atoms with E-state index in [0.717, 1.165) is 36.4 Å². The van der Waals surface area contributed by atoms with Crippen LogP contribution in [0.25, 0.3) is 0 Å². The molecule has 0 atom stereocenters. The molecule has 0 heterocycles. The zero-order valence-corrected chi connectivity index (χ0v) is 17.4. The second-order valence-electron chi connectivity index (χ2n) is 7.32. The van der Waals surface area contributed by atoms with Crippen molar-refractivity contribution in [3.8, 4) is 0 Å². The zero-order chi connectivity index (χ0) is 22.8.